The molecule has 2 rings (SSSR count). The summed E-state index contributed by atoms with van der Waals surface area (Å²) in [6, 6.07) is 11.4. The van der Waals surface area contributed by atoms with Crippen molar-refractivity contribution in [1.82, 2.24) is 5.43 Å². The second-order valence-electron chi connectivity index (χ2n) is 4.82. The average molecular weight is 406 g/mol. The van der Waals surface area contributed by atoms with Crippen LogP contribution in [0.15, 0.2) is 52.0 Å². The third-order valence-electron chi connectivity index (χ3n) is 2.97. The molecule has 0 aliphatic heterocycles. The van der Waals surface area contributed by atoms with Gasteiger partial charge in [0.1, 0.15) is 0 Å². The number of phenols is 1. The molecule has 8 heteroatoms. The van der Waals surface area contributed by atoms with Crippen LogP contribution >= 0.6 is 15.9 Å². The van der Waals surface area contributed by atoms with Gasteiger partial charge in [0.05, 0.1) is 12.8 Å². The molecule has 7 nitrogen and oxygen atoms in total. The van der Waals surface area contributed by atoms with Crippen LogP contribution in [0.25, 0.3) is 0 Å². The van der Waals surface area contributed by atoms with Crippen LogP contribution < -0.4 is 15.5 Å². The van der Waals surface area contributed by atoms with E-state index in [1.54, 1.807) is 43.3 Å². The third-order valence-corrected chi connectivity index (χ3v) is 3.50. The minimum Gasteiger partial charge on any atom is -0.504 e. The van der Waals surface area contributed by atoms with Gasteiger partial charge >= 0.3 is 11.8 Å². The fourth-order valence-electron chi connectivity index (χ4n) is 1.82. The second kappa shape index (κ2) is 8.84. The molecule has 0 atom stereocenters. The fraction of sp³-hybridized carbons (Fsp3) is 0.118. The van der Waals surface area contributed by atoms with Gasteiger partial charge in [-0.25, -0.2) is 5.43 Å². The molecule has 2 aromatic rings. The SMILES string of the molecule is CCOc1cc(C=NNC(=O)C(=O)Nc2ccc(Br)cc2)ccc1O. The number of carbonyl (C=O) groups excluding carboxylic acids is 2. The molecule has 3 N–H and O–H groups in total. The highest BCUT2D eigenvalue weighted by Crippen LogP contribution is 2.26. The summed E-state index contributed by atoms with van der Waals surface area (Å²) in [5, 5.41) is 15.8. The lowest BCUT2D eigenvalue weighted by atomic mass is 10.2. The van der Waals surface area contributed by atoms with Crippen molar-refractivity contribution in [2.45, 2.75) is 6.92 Å². The van der Waals surface area contributed by atoms with Crippen LogP contribution in [0, 0.1) is 0 Å². The first-order valence-electron chi connectivity index (χ1n) is 7.35. The molecule has 0 unspecified atom stereocenters. The molecule has 2 aromatic carbocycles. The van der Waals surface area contributed by atoms with Crippen molar-refractivity contribution in [2.75, 3.05) is 11.9 Å². The monoisotopic (exact) mass is 405 g/mol. The molecule has 25 heavy (non-hydrogen) atoms. The Morgan fingerprint density at radius 1 is 1.20 bits per heavy atom. The van der Waals surface area contributed by atoms with Crippen molar-refractivity contribution in [3.05, 3.63) is 52.5 Å². The van der Waals surface area contributed by atoms with Crippen LogP contribution in [0.4, 0.5) is 5.69 Å². The number of hydrazone groups is 1. The number of halogens is 1. The topological polar surface area (TPSA) is 100 Å². The van der Waals surface area contributed by atoms with Crippen LogP contribution in [0.3, 0.4) is 0 Å². The Bertz CT molecular complexity index is 791. The van der Waals surface area contributed by atoms with Gasteiger partial charge in [0, 0.05) is 10.2 Å². The number of rotatable bonds is 5. The summed E-state index contributed by atoms with van der Waals surface area (Å²) in [5.74, 6) is -1.41. The number of hydrogen-bond acceptors (Lipinski definition) is 5. The highest BCUT2D eigenvalue weighted by atomic mass is 79.9. The van der Waals surface area contributed by atoms with Crippen LogP contribution in [-0.2, 0) is 9.59 Å². The Balaban J connectivity index is 1.92. The van der Waals surface area contributed by atoms with E-state index < -0.39 is 11.8 Å². The number of aromatic hydroxyl groups is 1. The maximum atomic E-state index is 11.8. The van der Waals surface area contributed by atoms with Crippen molar-refractivity contribution < 1.29 is 19.4 Å². The van der Waals surface area contributed by atoms with Gasteiger partial charge in [0.2, 0.25) is 0 Å². The van der Waals surface area contributed by atoms with E-state index in [4.69, 9.17) is 4.74 Å². The zero-order chi connectivity index (χ0) is 18.2. The number of amides is 2. The van der Waals surface area contributed by atoms with Crippen LogP contribution in [0.5, 0.6) is 11.5 Å². The van der Waals surface area contributed by atoms with Crippen LogP contribution in [0.2, 0.25) is 0 Å². The Morgan fingerprint density at radius 2 is 1.92 bits per heavy atom. The molecule has 0 saturated heterocycles. The smallest absolute Gasteiger partial charge is 0.329 e. The molecule has 2 amide bonds. The van der Waals surface area contributed by atoms with Crippen LogP contribution in [-0.4, -0.2) is 29.7 Å². The first-order valence-corrected chi connectivity index (χ1v) is 8.14. The summed E-state index contributed by atoms with van der Waals surface area (Å²) in [7, 11) is 0. The molecule has 0 fully saturated rings. The van der Waals surface area contributed by atoms with Gasteiger partial charge in [-0.2, -0.15) is 5.10 Å². The number of anilines is 1. The summed E-state index contributed by atoms with van der Waals surface area (Å²) in [5.41, 5.74) is 3.22. The number of phenolic OH excluding ortho intramolecular Hbond substituents is 1. The van der Waals surface area contributed by atoms with E-state index in [9.17, 15) is 14.7 Å². The predicted octanol–water partition coefficient (Wildman–Crippen LogP) is 2.64. The van der Waals surface area contributed by atoms with E-state index in [0.717, 1.165) is 4.47 Å². The van der Waals surface area contributed by atoms with Gasteiger partial charge in [-0.1, -0.05) is 15.9 Å². The molecule has 0 bridgehead atoms. The number of benzene rings is 2. The Kier molecular flexibility index (Phi) is 6.53. The van der Waals surface area contributed by atoms with E-state index in [1.807, 2.05) is 0 Å². The van der Waals surface area contributed by atoms with Crippen molar-refractivity contribution in [2.24, 2.45) is 5.10 Å². The molecule has 0 aliphatic carbocycles. The maximum absolute atomic E-state index is 11.8. The van der Waals surface area contributed by atoms with Crippen molar-refractivity contribution in [1.29, 1.82) is 0 Å². The Hall–Kier alpha value is -2.87. The number of hydrogen-bond donors (Lipinski definition) is 3. The number of carbonyl (C=O) groups is 2. The Morgan fingerprint density at radius 3 is 2.60 bits per heavy atom. The number of nitrogens with zero attached hydrogens (tertiary/aromatic N) is 1. The predicted molar refractivity (Wildman–Crippen MR) is 97.8 cm³/mol. The minimum atomic E-state index is -0.900. The summed E-state index contributed by atoms with van der Waals surface area (Å²) in [4.78, 5) is 23.5. The minimum absolute atomic E-state index is 0.0110. The lowest BCUT2D eigenvalue weighted by Crippen LogP contribution is -2.32. The highest BCUT2D eigenvalue weighted by molar-refractivity contribution is 9.10. The molecular weight excluding hydrogens is 390 g/mol. The summed E-state index contributed by atoms with van der Waals surface area (Å²) < 4.78 is 6.11. The lowest BCUT2D eigenvalue weighted by molar-refractivity contribution is -0.136. The lowest BCUT2D eigenvalue weighted by Gasteiger charge is -2.06. The van der Waals surface area contributed by atoms with Gasteiger partial charge in [0.25, 0.3) is 0 Å². The quantitative estimate of drug-likeness (QED) is 0.404. The highest BCUT2D eigenvalue weighted by Gasteiger charge is 2.12. The first-order chi connectivity index (χ1) is 12.0. The van der Waals surface area contributed by atoms with E-state index in [2.05, 4.69) is 31.8 Å². The van der Waals surface area contributed by atoms with Gasteiger partial charge in [-0.15, -0.1) is 0 Å². The molecule has 0 aliphatic rings. The zero-order valence-electron chi connectivity index (χ0n) is 13.3. The third kappa shape index (κ3) is 5.61. The molecule has 0 aromatic heterocycles. The normalized spacial score (nSPS) is 10.5. The van der Waals surface area contributed by atoms with Crippen molar-refractivity contribution >= 4 is 39.6 Å². The maximum Gasteiger partial charge on any atom is 0.329 e. The first kappa shape index (κ1) is 18.5. The van der Waals surface area contributed by atoms with Crippen LogP contribution in [0.1, 0.15) is 12.5 Å². The Labute approximate surface area is 152 Å². The summed E-state index contributed by atoms with van der Waals surface area (Å²) in [6.45, 7) is 2.20. The zero-order valence-corrected chi connectivity index (χ0v) is 14.9. The molecule has 0 saturated carbocycles. The molecule has 0 heterocycles. The standard InChI is InChI=1S/C17H16BrN3O4/c1-2-25-15-9-11(3-8-14(15)22)10-19-21-17(24)16(23)20-13-6-4-12(18)5-7-13/h3-10,22H,2H2,1H3,(H,20,23)(H,21,24). The van der Waals surface area contributed by atoms with Gasteiger partial charge < -0.3 is 15.2 Å². The largest absolute Gasteiger partial charge is 0.504 e. The van der Waals surface area contributed by atoms with E-state index >= 15 is 0 Å². The molecule has 0 spiro atoms. The number of ether oxygens (including phenoxy) is 1. The fourth-order valence-corrected chi connectivity index (χ4v) is 2.08. The van der Waals surface area contributed by atoms with Gasteiger partial charge in [-0.3, -0.25) is 9.59 Å². The summed E-state index contributed by atoms with van der Waals surface area (Å²) >= 11 is 3.28. The van der Waals surface area contributed by atoms with E-state index in [-0.39, 0.29) is 5.75 Å². The van der Waals surface area contributed by atoms with Gasteiger partial charge in [-0.05, 0) is 55.0 Å². The summed E-state index contributed by atoms with van der Waals surface area (Å²) in [6.07, 6.45) is 1.34. The molecule has 0 radical (unpaired) electrons. The average Bonchev–Trinajstić information content (AvgIpc) is 2.59. The van der Waals surface area contributed by atoms with E-state index in [0.29, 0.717) is 23.6 Å². The van der Waals surface area contributed by atoms with Crippen molar-refractivity contribution in [3.8, 4) is 11.5 Å². The second-order valence-corrected chi connectivity index (χ2v) is 5.74. The van der Waals surface area contributed by atoms with Crippen molar-refractivity contribution in [3.63, 3.8) is 0 Å². The molecular formula is C17H16BrN3O4. The van der Waals surface area contributed by atoms with E-state index in [1.165, 1.54) is 12.3 Å². The molecule has 130 valence electrons. The number of nitrogens with one attached hydrogen (secondary N) is 2. The van der Waals surface area contributed by atoms with Gasteiger partial charge in [0.15, 0.2) is 11.5 Å².